The van der Waals surface area contributed by atoms with Gasteiger partial charge in [0.15, 0.2) is 11.9 Å². The van der Waals surface area contributed by atoms with Crippen molar-refractivity contribution < 1.29 is 14.5 Å². The van der Waals surface area contributed by atoms with E-state index >= 15 is 0 Å². The first-order valence-electron chi connectivity index (χ1n) is 7.55. The van der Waals surface area contributed by atoms with Crippen molar-refractivity contribution in [3.63, 3.8) is 0 Å². The number of rotatable bonds is 5. The number of piperidine rings is 1. The topological polar surface area (TPSA) is 98.7 Å². The maximum atomic E-state index is 12.6. The van der Waals surface area contributed by atoms with Crippen LogP contribution in [0.3, 0.4) is 0 Å². The highest BCUT2D eigenvalue weighted by atomic mass is 35.5. The van der Waals surface area contributed by atoms with E-state index in [0.717, 1.165) is 19.3 Å². The lowest BCUT2D eigenvalue weighted by molar-refractivity contribution is -0.386. The van der Waals surface area contributed by atoms with Gasteiger partial charge in [0.1, 0.15) is 0 Å². The van der Waals surface area contributed by atoms with E-state index in [4.69, 9.17) is 22.1 Å². The fraction of sp³-hybridized carbons (Fsp3) is 0.533. The fourth-order valence-corrected chi connectivity index (χ4v) is 2.91. The van der Waals surface area contributed by atoms with E-state index < -0.39 is 11.0 Å². The Hall–Kier alpha value is -1.57. The highest BCUT2D eigenvalue weighted by Gasteiger charge is 2.31. The molecule has 1 aliphatic heterocycles. The predicted molar refractivity (Wildman–Crippen MR) is 93.9 cm³/mol. The molecule has 1 aliphatic rings. The number of likely N-dealkylation sites (tertiary alicyclic amines) is 1. The van der Waals surface area contributed by atoms with Crippen molar-refractivity contribution in [2.75, 3.05) is 13.1 Å². The van der Waals surface area contributed by atoms with Gasteiger partial charge in [0.25, 0.3) is 5.91 Å². The van der Waals surface area contributed by atoms with Gasteiger partial charge in [-0.15, -0.1) is 12.4 Å². The Morgan fingerprint density at radius 3 is 2.88 bits per heavy atom. The van der Waals surface area contributed by atoms with Crippen LogP contribution in [-0.4, -0.2) is 41.0 Å². The van der Waals surface area contributed by atoms with Crippen LogP contribution < -0.4 is 10.5 Å². The van der Waals surface area contributed by atoms with Crippen molar-refractivity contribution >= 4 is 35.6 Å². The highest BCUT2D eigenvalue weighted by Crippen LogP contribution is 2.31. The van der Waals surface area contributed by atoms with Crippen molar-refractivity contribution in [2.24, 2.45) is 5.73 Å². The molecule has 2 rings (SSSR count). The molecule has 2 atom stereocenters. The Labute approximate surface area is 151 Å². The van der Waals surface area contributed by atoms with Gasteiger partial charge in [0, 0.05) is 30.2 Å². The average molecular weight is 378 g/mol. The molecule has 1 saturated heterocycles. The summed E-state index contributed by atoms with van der Waals surface area (Å²) in [6.07, 6.45) is 2.01. The van der Waals surface area contributed by atoms with Crippen LogP contribution in [-0.2, 0) is 4.79 Å². The molecular weight excluding hydrogens is 357 g/mol. The van der Waals surface area contributed by atoms with E-state index in [1.54, 1.807) is 11.8 Å². The van der Waals surface area contributed by atoms with Crippen LogP contribution in [0.25, 0.3) is 0 Å². The molecule has 2 N–H and O–H groups in total. The molecule has 0 aliphatic carbocycles. The smallest absolute Gasteiger partial charge is 0.312 e. The zero-order valence-electron chi connectivity index (χ0n) is 13.3. The van der Waals surface area contributed by atoms with Gasteiger partial charge in [0.05, 0.1) is 4.92 Å². The summed E-state index contributed by atoms with van der Waals surface area (Å²) in [5.74, 6) is -0.175. The third-order valence-electron chi connectivity index (χ3n) is 3.95. The minimum Gasteiger partial charge on any atom is -0.474 e. The molecule has 2 unspecified atom stereocenters. The molecule has 0 spiro atoms. The minimum absolute atomic E-state index is 0. The molecule has 0 radical (unpaired) electrons. The molecule has 134 valence electrons. The molecule has 1 amide bonds. The zero-order chi connectivity index (χ0) is 17.0. The Kier molecular flexibility index (Phi) is 7.72. The number of nitrogens with two attached hydrogens (primary N) is 1. The second kappa shape index (κ2) is 9.05. The Morgan fingerprint density at radius 1 is 1.54 bits per heavy atom. The van der Waals surface area contributed by atoms with Crippen molar-refractivity contribution in [1.29, 1.82) is 0 Å². The summed E-state index contributed by atoms with van der Waals surface area (Å²) in [6.45, 7) is 2.62. The number of hydrogen-bond donors (Lipinski definition) is 1. The largest absolute Gasteiger partial charge is 0.474 e. The predicted octanol–water partition coefficient (Wildman–Crippen LogP) is 2.78. The van der Waals surface area contributed by atoms with Gasteiger partial charge in [-0.25, -0.2) is 0 Å². The van der Waals surface area contributed by atoms with Crippen molar-refractivity contribution in [3.05, 3.63) is 33.3 Å². The fourth-order valence-electron chi connectivity index (χ4n) is 2.74. The standard InChI is InChI=1S/C15H20ClN3O4.ClH/c1-10(15(20)18-7-3-2-4-12(18)9-17)23-14-6-5-11(16)8-13(14)19(21)22;/h5-6,8,10,12H,2-4,7,9,17H2,1H3;1H. The second-order valence-corrected chi connectivity index (χ2v) is 5.98. The van der Waals surface area contributed by atoms with Gasteiger partial charge in [-0.2, -0.15) is 0 Å². The molecule has 1 aromatic carbocycles. The minimum atomic E-state index is -0.831. The number of nitrogens with zero attached hydrogens (tertiary/aromatic N) is 2. The van der Waals surface area contributed by atoms with Crippen LogP contribution in [0.15, 0.2) is 18.2 Å². The highest BCUT2D eigenvalue weighted by molar-refractivity contribution is 6.30. The average Bonchev–Trinajstić information content (AvgIpc) is 2.55. The van der Waals surface area contributed by atoms with E-state index in [1.807, 2.05) is 0 Å². The molecule has 24 heavy (non-hydrogen) atoms. The number of amides is 1. The molecule has 1 aromatic rings. The second-order valence-electron chi connectivity index (χ2n) is 5.55. The first-order chi connectivity index (χ1) is 10.9. The van der Waals surface area contributed by atoms with Crippen molar-refractivity contribution in [2.45, 2.75) is 38.3 Å². The number of hydrogen-bond acceptors (Lipinski definition) is 5. The van der Waals surface area contributed by atoms with Gasteiger partial charge >= 0.3 is 5.69 Å². The van der Waals surface area contributed by atoms with Crippen LogP contribution >= 0.6 is 24.0 Å². The SMILES string of the molecule is CC(Oc1ccc(Cl)cc1[N+](=O)[O-])C(=O)N1CCCCC1CN.Cl. The summed E-state index contributed by atoms with van der Waals surface area (Å²) < 4.78 is 5.54. The van der Waals surface area contributed by atoms with Crippen LogP contribution in [0.5, 0.6) is 5.75 Å². The first-order valence-corrected chi connectivity index (χ1v) is 7.93. The molecule has 0 bridgehead atoms. The number of nitro groups is 1. The number of halogens is 2. The molecule has 0 saturated carbocycles. The molecule has 9 heteroatoms. The Balaban J connectivity index is 0.00000288. The summed E-state index contributed by atoms with van der Waals surface area (Å²) in [5.41, 5.74) is 5.47. The maximum Gasteiger partial charge on any atom is 0.312 e. The summed E-state index contributed by atoms with van der Waals surface area (Å²) in [4.78, 5) is 24.8. The van der Waals surface area contributed by atoms with Crippen LogP contribution in [0.4, 0.5) is 5.69 Å². The summed E-state index contributed by atoms with van der Waals surface area (Å²) in [5, 5.41) is 11.3. The Bertz CT molecular complexity index is 600. The normalized spacial score (nSPS) is 18.5. The maximum absolute atomic E-state index is 12.6. The third kappa shape index (κ3) is 4.72. The quantitative estimate of drug-likeness (QED) is 0.628. The number of benzene rings is 1. The van der Waals surface area contributed by atoms with Gasteiger partial charge in [-0.05, 0) is 38.3 Å². The van der Waals surface area contributed by atoms with E-state index in [0.29, 0.717) is 13.1 Å². The van der Waals surface area contributed by atoms with E-state index in [9.17, 15) is 14.9 Å². The molecule has 0 aromatic heterocycles. The summed E-state index contributed by atoms with van der Waals surface area (Å²) >= 11 is 5.77. The monoisotopic (exact) mass is 377 g/mol. The summed E-state index contributed by atoms with van der Waals surface area (Å²) in [6, 6.07) is 4.10. The lowest BCUT2D eigenvalue weighted by Gasteiger charge is -2.36. The van der Waals surface area contributed by atoms with Crippen LogP contribution in [0.2, 0.25) is 5.02 Å². The van der Waals surface area contributed by atoms with E-state index in [2.05, 4.69) is 0 Å². The first kappa shape index (κ1) is 20.5. The Morgan fingerprint density at radius 2 is 2.25 bits per heavy atom. The lowest BCUT2D eigenvalue weighted by atomic mass is 10.0. The van der Waals surface area contributed by atoms with E-state index in [-0.39, 0.29) is 40.8 Å². The van der Waals surface area contributed by atoms with Gasteiger partial charge < -0.3 is 15.4 Å². The number of nitro benzene ring substituents is 1. The van der Waals surface area contributed by atoms with Gasteiger partial charge in [0.2, 0.25) is 0 Å². The zero-order valence-corrected chi connectivity index (χ0v) is 14.9. The number of ether oxygens (including phenoxy) is 1. The molecule has 1 fully saturated rings. The van der Waals surface area contributed by atoms with E-state index in [1.165, 1.54) is 18.2 Å². The van der Waals surface area contributed by atoms with Crippen molar-refractivity contribution in [3.8, 4) is 5.75 Å². The molecule has 1 heterocycles. The van der Waals surface area contributed by atoms with Gasteiger partial charge in [-0.1, -0.05) is 11.6 Å². The van der Waals surface area contributed by atoms with Crippen LogP contribution in [0, 0.1) is 10.1 Å². The van der Waals surface area contributed by atoms with Crippen LogP contribution in [0.1, 0.15) is 26.2 Å². The van der Waals surface area contributed by atoms with Crippen molar-refractivity contribution in [1.82, 2.24) is 4.90 Å². The summed E-state index contributed by atoms with van der Waals surface area (Å²) in [7, 11) is 0. The molecule has 7 nitrogen and oxygen atoms in total. The molecular formula is C15H21Cl2N3O4. The van der Waals surface area contributed by atoms with Gasteiger partial charge in [-0.3, -0.25) is 14.9 Å². The number of carbonyl (C=O) groups excluding carboxylic acids is 1. The lowest BCUT2D eigenvalue weighted by Crippen LogP contribution is -2.51. The number of carbonyl (C=O) groups is 1. The third-order valence-corrected chi connectivity index (χ3v) is 4.19.